The van der Waals surface area contributed by atoms with Crippen molar-refractivity contribution in [2.45, 2.75) is 20.4 Å². The molecule has 0 unspecified atom stereocenters. The van der Waals surface area contributed by atoms with Gasteiger partial charge in [-0.2, -0.15) is 0 Å². The Labute approximate surface area is 165 Å². The summed E-state index contributed by atoms with van der Waals surface area (Å²) in [6, 6.07) is 16.1. The highest BCUT2D eigenvalue weighted by molar-refractivity contribution is 6.34. The molecule has 4 rings (SSSR count). The molecule has 2 heterocycles. The fraction of sp³-hybridized carbons (Fsp3) is 0.217. The summed E-state index contributed by atoms with van der Waals surface area (Å²) in [6.45, 7) is 7.38. The number of carbonyl (C=O) groups excluding carboxylic acids is 1. The SMILES string of the molecule is CCN(CC)Cc1ccc(NC=C2C(=O)Nc3ccc4ncccc4c32)cc1. The van der Waals surface area contributed by atoms with Gasteiger partial charge in [-0.1, -0.05) is 32.0 Å². The van der Waals surface area contributed by atoms with E-state index in [4.69, 9.17) is 0 Å². The van der Waals surface area contributed by atoms with E-state index >= 15 is 0 Å². The molecular formula is C23H24N4O. The quantitative estimate of drug-likeness (QED) is 0.626. The van der Waals surface area contributed by atoms with Gasteiger partial charge in [-0.15, -0.1) is 0 Å². The van der Waals surface area contributed by atoms with Gasteiger partial charge in [-0.25, -0.2) is 0 Å². The summed E-state index contributed by atoms with van der Waals surface area (Å²) < 4.78 is 0. The van der Waals surface area contributed by atoms with Crippen LogP contribution < -0.4 is 10.6 Å². The Morgan fingerprint density at radius 2 is 1.86 bits per heavy atom. The molecule has 3 aromatic rings. The van der Waals surface area contributed by atoms with E-state index < -0.39 is 0 Å². The van der Waals surface area contributed by atoms with E-state index in [-0.39, 0.29) is 5.91 Å². The third-order valence-corrected chi connectivity index (χ3v) is 5.18. The van der Waals surface area contributed by atoms with Crippen molar-refractivity contribution >= 4 is 33.8 Å². The lowest BCUT2D eigenvalue weighted by atomic mass is 10.0. The number of rotatable bonds is 6. The van der Waals surface area contributed by atoms with Gasteiger partial charge < -0.3 is 10.6 Å². The molecule has 0 fully saturated rings. The smallest absolute Gasteiger partial charge is 0.257 e. The van der Waals surface area contributed by atoms with Crippen molar-refractivity contribution in [3.63, 3.8) is 0 Å². The number of carbonyl (C=O) groups is 1. The van der Waals surface area contributed by atoms with E-state index in [0.29, 0.717) is 5.57 Å². The third-order valence-electron chi connectivity index (χ3n) is 5.18. The molecule has 142 valence electrons. The molecule has 1 amide bonds. The monoisotopic (exact) mass is 372 g/mol. The number of nitrogens with zero attached hydrogens (tertiary/aromatic N) is 2. The molecule has 1 aliphatic rings. The maximum atomic E-state index is 12.5. The van der Waals surface area contributed by atoms with Crippen LogP contribution in [0.3, 0.4) is 0 Å². The van der Waals surface area contributed by atoms with Gasteiger partial charge in [-0.05, 0) is 49.0 Å². The molecule has 2 aromatic carbocycles. The molecule has 0 spiro atoms. The molecule has 5 heteroatoms. The third kappa shape index (κ3) is 3.49. The van der Waals surface area contributed by atoms with Crippen LogP contribution in [-0.4, -0.2) is 28.9 Å². The minimum absolute atomic E-state index is 0.1000. The first-order valence-electron chi connectivity index (χ1n) is 9.67. The van der Waals surface area contributed by atoms with E-state index in [1.807, 2.05) is 36.4 Å². The van der Waals surface area contributed by atoms with Crippen LogP contribution in [0.25, 0.3) is 16.5 Å². The van der Waals surface area contributed by atoms with Crippen molar-refractivity contribution in [1.29, 1.82) is 0 Å². The number of fused-ring (bicyclic) bond motifs is 3. The first-order chi connectivity index (χ1) is 13.7. The van der Waals surface area contributed by atoms with Gasteiger partial charge >= 0.3 is 0 Å². The van der Waals surface area contributed by atoms with Crippen LogP contribution in [-0.2, 0) is 11.3 Å². The highest BCUT2D eigenvalue weighted by Crippen LogP contribution is 2.37. The van der Waals surface area contributed by atoms with Gasteiger partial charge in [0, 0.05) is 41.3 Å². The minimum atomic E-state index is -0.1000. The number of benzene rings is 2. The number of aromatic nitrogens is 1. The Bertz CT molecular complexity index is 1040. The van der Waals surface area contributed by atoms with Crippen LogP contribution in [0.1, 0.15) is 25.0 Å². The van der Waals surface area contributed by atoms with Crippen molar-refractivity contribution in [3.8, 4) is 0 Å². The average molecular weight is 372 g/mol. The largest absolute Gasteiger partial charge is 0.361 e. The van der Waals surface area contributed by atoms with Crippen LogP contribution in [0.15, 0.2) is 60.9 Å². The number of amides is 1. The molecule has 0 bridgehead atoms. The van der Waals surface area contributed by atoms with Crippen molar-refractivity contribution in [1.82, 2.24) is 9.88 Å². The molecule has 5 nitrogen and oxygen atoms in total. The van der Waals surface area contributed by atoms with Gasteiger partial charge in [0.1, 0.15) is 0 Å². The van der Waals surface area contributed by atoms with Crippen LogP contribution in [0, 0.1) is 0 Å². The molecule has 0 atom stereocenters. The van der Waals surface area contributed by atoms with Crippen LogP contribution in [0.4, 0.5) is 11.4 Å². The van der Waals surface area contributed by atoms with E-state index in [1.54, 1.807) is 12.4 Å². The summed E-state index contributed by atoms with van der Waals surface area (Å²) in [5.41, 5.74) is 5.47. The standard InChI is InChI=1S/C23H24N4O/c1-3-27(4-2)15-16-7-9-17(10-8-16)25-14-19-22-18-6-5-13-24-20(18)11-12-21(22)26-23(19)28/h5-14,25H,3-4,15H2,1-2H3,(H,26,28). The second-order valence-electron chi connectivity index (χ2n) is 6.87. The lowest BCUT2D eigenvalue weighted by molar-refractivity contribution is -0.110. The molecule has 1 aliphatic heterocycles. The first-order valence-corrected chi connectivity index (χ1v) is 9.67. The number of pyridine rings is 1. The molecule has 0 radical (unpaired) electrons. The molecule has 0 aliphatic carbocycles. The summed E-state index contributed by atoms with van der Waals surface area (Å²) in [5.74, 6) is -0.1000. The summed E-state index contributed by atoms with van der Waals surface area (Å²) in [7, 11) is 0. The van der Waals surface area contributed by atoms with Gasteiger partial charge in [0.25, 0.3) is 5.91 Å². The Kier molecular flexibility index (Phi) is 5.08. The maximum absolute atomic E-state index is 12.5. The molecular weight excluding hydrogens is 348 g/mol. The van der Waals surface area contributed by atoms with Crippen molar-refractivity contribution in [3.05, 3.63) is 72.1 Å². The van der Waals surface area contributed by atoms with Gasteiger partial charge in [0.05, 0.1) is 11.1 Å². The van der Waals surface area contributed by atoms with Gasteiger partial charge in [-0.3, -0.25) is 14.7 Å². The Morgan fingerprint density at radius 1 is 1.07 bits per heavy atom. The van der Waals surface area contributed by atoms with Crippen LogP contribution >= 0.6 is 0 Å². The number of nitrogens with one attached hydrogen (secondary N) is 2. The Morgan fingerprint density at radius 3 is 2.61 bits per heavy atom. The Hall–Kier alpha value is -3.18. The lowest BCUT2D eigenvalue weighted by Crippen LogP contribution is -2.21. The summed E-state index contributed by atoms with van der Waals surface area (Å²) >= 11 is 0. The Balaban J connectivity index is 1.58. The predicted octanol–water partition coefficient (Wildman–Crippen LogP) is 4.48. The van der Waals surface area contributed by atoms with Crippen molar-refractivity contribution < 1.29 is 4.79 Å². The van der Waals surface area contributed by atoms with Crippen LogP contribution in [0.5, 0.6) is 0 Å². The highest BCUT2D eigenvalue weighted by atomic mass is 16.2. The molecule has 0 saturated heterocycles. The zero-order chi connectivity index (χ0) is 19.5. The summed E-state index contributed by atoms with van der Waals surface area (Å²) in [6.07, 6.45) is 3.55. The fourth-order valence-electron chi connectivity index (χ4n) is 3.55. The maximum Gasteiger partial charge on any atom is 0.257 e. The topological polar surface area (TPSA) is 57.3 Å². The van der Waals surface area contributed by atoms with Crippen LogP contribution in [0.2, 0.25) is 0 Å². The van der Waals surface area contributed by atoms with Gasteiger partial charge in [0.2, 0.25) is 0 Å². The minimum Gasteiger partial charge on any atom is -0.361 e. The van der Waals surface area contributed by atoms with Gasteiger partial charge in [0.15, 0.2) is 0 Å². The summed E-state index contributed by atoms with van der Waals surface area (Å²) in [4.78, 5) is 19.3. The average Bonchev–Trinajstić information content (AvgIpc) is 3.07. The number of hydrogen-bond acceptors (Lipinski definition) is 4. The molecule has 0 saturated carbocycles. The normalized spacial score (nSPS) is 14.5. The summed E-state index contributed by atoms with van der Waals surface area (Å²) in [5, 5.41) is 7.19. The molecule has 2 N–H and O–H groups in total. The predicted molar refractivity (Wildman–Crippen MR) is 115 cm³/mol. The van der Waals surface area contributed by atoms with E-state index in [2.05, 4.69) is 46.5 Å². The van der Waals surface area contributed by atoms with E-state index in [1.165, 1.54) is 5.56 Å². The first kappa shape index (κ1) is 18.2. The number of anilines is 2. The number of hydrogen-bond donors (Lipinski definition) is 2. The molecule has 28 heavy (non-hydrogen) atoms. The van der Waals surface area contributed by atoms with Crippen molar-refractivity contribution in [2.75, 3.05) is 23.7 Å². The second-order valence-corrected chi connectivity index (χ2v) is 6.87. The van der Waals surface area contributed by atoms with Crippen molar-refractivity contribution in [2.24, 2.45) is 0 Å². The lowest BCUT2D eigenvalue weighted by Gasteiger charge is -2.18. The zero-order valence-electron chi connectivity index (χ0n) is 16.2. The zero-order valence-corrected chi connectivity index (χ0v) is 16.2. The van der Waals surface area contributed by atoms with E-state index in [0.717, 1.165) is 47.5 Å². The highest BCUT2D eigenvalue weighted by Gasteiger charge is 2.26. The van der Waals surface area contributed by atoms with E-state index in [9.17, 15) is 4.79 Å². The second kappa shape index (κ2) is 7.82. The fourth-order valence-corrected chi connectivity index (χ4v) is 3.55. The molecule has 1 aromatic heterocycles.